The summed E-state index contributed by atoms with van der Waals surface area (Å²) in [6.07, 6.45) is 0. The molecule has 0 amide bonds. The van der Waals surface area contributed by atoms with Crippen LogP contribution >= 0.6 is 11.6 Å². The molecule has 2 aromatic rings. The Labute approximate surface area is 116 Å². The molecule has 0 aliphatic heterocycles. The van der Waals surface area contributed by atoms with Crippen molar-refractivity contribution in [1.29, 1.82) is 5.26 Å². The third kappa shape index (κ3) is 3.15. The third-order valence-electron chi connectivity index (χ3n) is 2.64. The van der Waals surface area contributed by atoms with E-state index in [4.69, 9.17) is 16.9 Å². The second kappa shape index (κ2) is 5.59. The van der Waals surface area contributed by atoms with Crippen LogP contribution in [0.15, 0.2) is 30.3 Å². The van der Waals surface area contributed by atoms with Crippen molar-refractivity contribution < 1.29 is 5.11 Å². The summed E-state index contributed by atoms with van der Waals surface area (Å²) < 4.78 is 0. The van der Waals surface area contributed by atoms with E-state index < -0.39 is 0 Å². The number of nitrogens with zero attached hydrogens (tertiary/aromatic N) is 2. The highest BCUT2D eigenvalue weighted by Gasteiger charge is 2.04. The lowest BCUT2D eigenvalue weighted by Crippen LogP contribution is -2.03. The summed E-state index contributed by atoms with van der Waals surface area (Å²) in [7, 11) is 0. The summed E-state index contributed by atoms with van der Waals surface area (Å²) >= 11 is 5.94. The number of aromatic nitrogens is 1. The Morgan fingerprint density at radius 1 is 1.37 bits per heavy atom. The smallest absolute Gasteiger partial charge is 0.138 e. The summed E-state index contributed by atoms with van der Waals surface area (Å²) in [6.45, 7) is 2.25. The molecular formula is C14H12ClN3O. The summed E-state index contributed by atoms with van der Waals surface area (Å²) in [5.41, 5.74) is 2.61. The molecule has 2 rings (SSSR count). The van der Waals surface area contributed by atoms with Gasteiger partial charge in [0.1, 0.15) is 17.5 Å². The predicted molar refractivity (Wildman–Crippen MR) is 74.1 cm³/mol. The van der Waals surface area contributed by atoms with Gasteiger partial charge in [0, 0.05) is 11.4 Å². The van der Waals surface area contributed by atoms with E-state index in [2.05, 4.69) is 10.3 Å². The number of hydrogen-bond donors (Lipinski definition) is 2. The second-order valence-corrected chi connectivity index (χ2v) is 4.49. The standard InChI is InChI=1S/C14H12ClN3O/c1-9-2-5-14(19)13(18-9)8-17-11-4-3-10(7-16)12(15)6-11/h2-6,17,19H,8H2,1H3. The van der Waals surface area contributed by atoms with Crippen molar-refractivity contribution in [3.05, 3.63) is 52.3 Å². The van der Waals surface area contributed by atoms with Gasteiger partial charge in [0.2, 0.25) is 0 Å². The Balaban J connectivity index is 2.13. The summed E-state index contributed by atoms with van der Waals surface area (Å²) in [5, 5.41) is 22.0. The van der Waals surface area contributed by atoms with Gasteiger partial charge in [-0.2, -0.15) is 5.26 Å². The largest absolute Gasteiger partial charge is 0.506 e. The van der Waals surface area contributed by atoms with Gasteiger partial charge >= 0.3 is 0 Å². The molecular weight excluding hydrogens is 262 g/mol. The molecule has 0 aliphatic rings. The van der Waals surface area contributed by atoms with Crippen molar-refractivity contribution >= 4 is 17.3 Å². The third-order valence-corrected chi connectivity index (χ3v) is 2.95. The molecule has 0 radical (unpaired) electrons. The number of nitriles is 1. The fourth-order valence-electron chi connectivity index (χ4n) is 1.63. The molecule has 1 aromatic heterocycles. The first-order valence-electron chi connectivity index (χ1n) is 5.69. The van der Waals surface area contributed by atoms with E-state index in [1.165, 1.54) is 0 Å². The highest BCUT2D eigenvalue weighted by atomic mass is 35.5. The molecule has 1 heterocycles. The lowest BCUT2D eigenvalue weighted by molar-refractivity contribution is 0.464. The van der Waals surface area contributed by atoms with Crippen LogP contribution in [0.25, 0.3) is 0 Å². The number of anilines is 1. The van der Waals surface area contributed by atoms with Crippen molar-refractivity contribution in [2.45, 2.75) is 13.5 Å². The van der Waals surface area contributed by atoms with E-state index in [1.807, 2.05) is 13.0 Å². The number of pyridine rings is 1. The van der Waals surface area contributed by atoms with Crippen molar-refractivity contribution in [3.63, 3.8) is 0 Å². The monoisotopic (exact) mass is 273 g/mol. The van der Waals surface area contributed by atoms with Gasteiger partial charge in [-0.3, -0.25) is 4.98 Å². The number of aryl methyl sites for hydroxylation is 1. The Bertz CT molecular complexity index is 650. The van der Waals surface area contributed by atoms with Crippen LogP contribution in [0.3, 0.4) is 0 Å². The Hall–Kier alpha value is -2.25. The Morgan fingerprint density at radius 2 is 2.16 bits per heavy atom. The average Bonchev–Trinajstić information content (AvgIpc) is 2.40. The molecule has 96 valence electrons. The van der Waals surface area contributed by atoms with Crippen LogP contribution in [0, 0.1) is 18.3 Å². The summed E-state index contributed by atoms with van der Waals surface area (Å²) in [6, 6.07) is 10.4. The maximum absolute atomic E-state index is 9.68. The fourth-order valence-corrected chi connectivity index (χ4v) is 1.86. The molecule has 0 aliphatic carbocycles. The highest BCUT2D eigenvalue weighted by Crippen LogP contribution is 2.22. The van der Waals surface area contributed by atoms with E-state index in [9.17, 15) is 5.11 Å². The molecule has 2 N–H and O–H groups in total. The molecule has 5 heteroatoms. The van der Waals surface area contributed by atoms with Crippen LogP contribution in [0.2, 0.25) is 5.02 Å². The van der Waals surface area contributed by atoms with Crippen LogP contribution in [0.1, 0.15) is 17.0 Å². The number of rotatable bonds is 3. The van der Waals surface area contributed by atoms with Crippen LogP contribution in [-0.2, 0) is 6.54 Å². The van der Waals surface area contributed by atoms with Gasteiger partial charge in [-0.25, -0.2) is 0 Å². The number of halogens is 1. The maximum Gasteiger partial charge on any atom is 0.138 e. The van der Waals surface area contributed by atoms with Crippen molar-refractivity contribution in [2.75, 3.05) is 5.32 Å². The zero-order valence-corrected chi connectivity index (χ0v) is 11.1. The van der Waals surface area contributed by atoms with Crippen molar-refractivity contribution in [3.8, 4) is 11.8 Å². The lowest BCUT2D eigenvalue weighted by atomic mass is 10.2. The SMILES string of the molecule is Cc1ccc(O)c(CNc2ccc(C#N)c(Cl)c2)n1. The van der Waals surface area contributed by atoms with E-state index in [1.54, 1.807) is 30.3 Å². The number of aromatic hydroxyl groups is 1. The number of benzene rings is 1. The molecule has 0 saturated heterocycles. The zero-order chi connectivity index (χ0) is 13.8. The zero-order valence-electron chi connectivity index (χ0n) is 10.3. The van der Waals surface area contributed by atoms with E-state index in [0.29, 0.717) is 22.8 Å². The first-order valence-corrected chi connectivity index (χ1v) is 6.07. The minimum atomic E-state index is 0.151. The minimum absolute atomic E-state index is 0.151. The first kappa shape index (κ1) is 13.2. The predicted octanol–water partition coefficient (Wildman–Crippen LogP) is 3.23. The molecule has 0 fully saturated rings. The molecule has 1 aromatic carbocycles. The lowest BCUT2D eigenvalue weighted by Gasteiger charge is -2.09. The molecule has 0 unspecified atom stereocenters. The van der Waals surface area contributed by atoms with Crippen LogP contribution in [0.4, 0.5) is 5.69 Å². The number of nitrogens with one attached hydrogen (secondary N) is 1. The van der Waals surface area contributed by atoms with E-state index >= 15 is 0 Å². The van der Waals surface area contributed by atoms with Gasteiger partial charge < -0.3 is 10.4 Å². The molecule has 0 atom stereocenters. The van der Waals surface area contributed by atoms with E-state index in [0.717, 1.165) is 11.4 Å². The Morgan fingerprint density at radius 3 is 2.84 bits per heavy atom. The van der Waals surface area contributed by atoms with Crippen LogP contribution in [-0.4, -0.2) is 10.1 Å². The Kier molecular flexibility index (Phi) is 3.88. The van der Waals surface area contributed by atoms with Crippen molar-refractivity contribution in [1.82, 2.24) is 4.98 Å². The molecule has 19 heavy (non-hydrogen) atoms. The van der Waals surface area contributed by atoms with Crippen LogP contribution < -0.4 is 5.32 Å². The molecule has 0 saturated carbocycles. The van der Waals surface area contributed by atoms with Gasteiger partial charge in [-0.05, 0) is 37.3 Å². The normalized spacial score (nSPS) is 9.95. The van der Waals surface area contributed by atoms with Gasteiger partial charge in [-0.1, -0.05) is 11.6 Å². The van der Waals surface area contributed by atoms with Gasteiger partial charge in [-0.15, -0.1) is 0 Å². The highest BCUT2D eigenvalue weighted by molar-refractivity contribution is 6.32. The van der Waals surface area contributed by atoms with Gasteiger partial charge in [0.05, 0.1) is 17.1 Å². The molecule has 0 spiro atoms. The fraction of sp³-hybridized carbons (Fsp3) is 0.143. The molecule has 4 nitrogen and oxygen atoms in total. The summed E-state index contributed by atoms with van der Waals surface area (Å²) in [4.78, 5) is 4.25. The maximum atomic E-state index is 9.68. The number of hydrogen-bond acceptors (Lipinski definition) is 4. The summed E-state index contributed by atoms with van der Waals surface area (Å²) in [5.74, 6) is 0.151. The van der Waals surface area contributed by atoms with E-state index in [-0.39, 0.29) is 5.75 Å². The van der Waals surface area contributed by atoms with Crippen molar-refractivity contribution in [2.24, 2.45) is 0 Å². The van der Waals surface area contributed by atoms with Gasteiger partial charge in [0.15, 0.2) is 0 Å². The van der Waals surface area contributed by atoms with Gasteiger partial charge in [0.25, 0.3) is 0 Å². The van der Waals surface area contributed by atoms with Crippen LogP contribution in [0.5, 0.6) is 5.75 Å². The first-order chi connectivity index (χ1) is 9.10. The topological polar surface area (TPSA) is 68.9 Å². The molecule has 0 bridgehead atoms. The minimum Gasteiger partial charge on any atom is -0.506 e. The average molecular weight is 274 g/mol. The quantitative estimate of drug-likeness (QED) is 0.901. The second-order valence-electron chi connectivity index (χ2n) is 4.08.